The number of carbonyl (C=O) groups is 2. The molecule has 1 fully saturated rings. The molecule has 0 aromatic rings. The number of rotatable bonds is 5. The van der Waals surface area contributed by atoms with Crippen LogP contribution in [0.2, 0.25) is 0 Å². The highest BCUT2D eigenvalue weighted by Crippen LogP contribution is 2.11. The fourth-order valence-electron chi connectivity index (χ4n) is 1.91. The predicted octanol–water partition coefficient (Wildman–Crippen LogP) is 0.150. The van der Waals surface area contributed by atoms with Crippen molar-refractivity contribution in [2.75, 3.05) is 26.7 Å². The van der Waals surface area contributed by atoms with Gasteiger partial charge in [-0.25, -0.2) is 0 Å². The van der Waals surface area contributed by atoms with E-state index < -0.39 is 0 Å². The minimum absolute atomic E-state index is 0.0170. The molecular formula is C11H20N2O3. The third kappa shape index (κ3) is 3.48. The van der Waals surface area contributed by atoms with E-state index in [1.165, 1.54) is 7.11 Å². The monoisotopic (exact) mass is 228 g/mol. The molecule has 0 aromatic heterocycles. The summed E-state index contributed by atoms with van der Waals surface area (Å²) >= 11 is 0. The summed E-state index contributed by atoms with van der Waals surface area (Å²) in [5, 5.41) is 2.75. The van der Waals surface area contributed by atoms with Gasteiger partial charge in [-0.3, -0.25) is 14.5 Å². The second-order valence-corrected chi connectivity index (χ2v) is 4.00. The highest BCUT2D eigenvalue weighted by atomic mass is 16.5. The van der Waals surface area contributed by atoms with E-state index in [0.717, 1.165) is 25.8 Å². The number of amides is 1. The standard InChI is InChI=1S/C11H20N2O3/c1-3-4-5-9(11(15)16-2)13-7-6-12-10(14)8-13/h9H,3-8H2,1-2H3,(H,12,14). The molecule has 1 unspecified atom stereocenters. The smallest absolute Gasteiger partial charge is 0.323 e. The lowest BCUT2D eigenvalue weighted by Gasteiger charge is -2.32. The van der Waals surface area contributed by atoms with Gasteiger partial charge in [0.05, 0.1) is 13.7 Å². The van der Waals surface area contributed by atoms with Gasteiger partial charge in [0.2, 0.25) is 5.91 Å². The third-order valence-corrected chi connectivity index (χ3v) is 2.81. The van der Waals surface area contributed by atoms with E-state index in [4.69, 9.17) is 4.74 Å². The van der Waals surface area contributed by atoms with Gasteiger partial charge < -0.3 is 10.1 Å². The first-order valence-electron chi connectivity index (χ1n) is 5.77. The van der Waals surface area contributed by atoms with Gasteiger partial charge in [0.1, 0.15) is 6.04 Å². The van der Waals surface area contributed by atoms with Crippen LogP contribution in [0.5, 0.6) is 0 Å². The maximum absolute atomic E-state index is 11.6. The first-order chi connectivity index (χ1) is 7.69. The zero-order chi connectivity index (χ0) is 12.0. The van der Waals surface area contributed by atoms with Gasteiger partial charge in [0, 0.05) is 13.1 Å². The van der Waals surface area contributed by atoms with Crippen LogP contribution in [-0.4, -0.2) is 49.6 Å². The van der Waals surface area contributed by atoms with E-state index in [-0.39, 0.29) is 17.9 Å². The van der Waals surface area contributed by atoms with Crippen LogP contribution in [0, 0.1) is 0 Å². The second-order valence-electron chi connectivity index (χ2n) is 4.00. The molecule has 0 bridgehead atoms. The summed E-state index contributed by atoms with van der Waals surface area (Å²) in [6, 6.07) is -0.268. The van der Waals surface area contributed by atoms with Gasteiger partial charge in [-0.15, -0.1) is 0 Å². The summed E-state index contributed by atoms with van der Waals surface area (Å²) in [6.45, 7) is 3.70. The first kappa shape index (κ1) is 13.0. The molecule has 0 aliphatic carbocycles. The number of methoxy groups -OCH3 is 1. The summed E-state index contributed by atoms with van der Waals surface area (Å²) in [5.41, 5.74) is 0. The highest BCUT2D eigenvalue weighted by molar-refractivity contribution is 5.81. The Morgan fingerprint density at radius 2 is 2.38 bits per heavy atom. The molecule has 0 saturated carbocycles. The van der Waals surface area contributed by atoms with Crippen LogP contribution in [0.4, 0.5) is 0 Å². The molecule has 1 rings (SSSR count). The average Bonchev–Trinajstić information content (AvgIpc) is 2.29. The van der Waals surface area contributed by atoms with Crippen molar-refractivity contribution in [3.63, 3.8) is 0 Å². The second kappa shape index (κ2) is 6.48. The lowest BCUT2D eigenvalue weighted by atomic mass is 10.1. The molecule has 16 heavy (non-hydrogen) atoms. The fraction of sp³-hybridized carbons (Fsp3) is 0.818. The number of esters is 1. The van der Waals surface area contributed by atoms with Crippen molar-refractivity contribution >= 4 is 11.9 Å². The minimum atomic E-state index is -0.268. The Morgan fingerprint density at radius 3 is 2.94 bits per heavy atom. The SMILES string of the molecule is CCCCC(C(=O)OC)N1CCNC(=O)C1. The van der Waals surface area contributed by atoms with Gasteiger partial charge in [-0.05, 0) is 6.42 Å². The van der Waals surface area contributed by atoms with Gasteiger partial charge >= 0.3 is 5.97 Å². The number of nitrogens with zero attached hydrogens (tertiary/aromatic N) is 1. The molecule has 5 nitrogen and oxygen atoms in total. The summed E-state index contributed by atoms with van der Waals surface area (Å²) in [5.74, 6) is -0.250. The van der Waals surface area contributed by atoms with Gasteiger partial charge in [-0.1, -0.05) is 19.8 Å². The summed E-state index contributed by atoms with van der Waals surface area (Å²) in [6.07, 6.45) is 2.77. The van der Waals surface area contributed by atoms with Crippen LogP contribution < -0.4 is 5.32 Å². The van der Waals surface area contributed by atoms with Crippen LogP contribution in [0.3, 0.4) is 0 Å². The van der Waals surface area contributed by atoms with Crippen LogP contribution in [0.1, 0.15) is 26.2 Å². The molecule has 1 N–H and O–H groups in total. The molecular weight excluding hydrogens is 208 g/mol. The molecule has 1 heterocycles. The zero-order valence-electron chi connectivity index (χ0n) is 9.99. The Morgan fingerprint density at radius 1 is 1.62 bits per heavy atom. The molecule has 0 aromatic carbocycles. The van der Waals surface area contributed by atoms with E-state index in [0.29, 0.717) is 13.1 Å². The molecule has 1 saturated heterocycles. The van der Waals surface area contributed by atoms with E-state index in [2.05, 4.69) is 12.2 Å². The Bertz CT molecular complexity index is 256. The van der Waals surface area contributed by atoms with Crippen molar-refractivity contribution in [2.45, 2.75) is 32.2 Å². The van der Waals surface area contributed by atoms with Crippen LogP contribution >= 0.6 is 0 Å². The maximum Gasteiger partial charge on any atom is 0.323 e. The average molecular weight is 228 g/mol. The Hall–Kier alpha value is -1.10. The number of hydrogen-bond donors (Lipinski definition) is 1. The summed E-state index contributed by atoms with van der Waals surface area (Å²) < 4.78 is 4.79. The lowest BCUT2D eigenvalue weighted by Crippen LogP contribution is -2.54. The van der Waals surface area contributed by atoms with E-state index >= 15 is 0 Å². The van der Waals surface area contributed by atoms with Crippen molar-refractivity contribution in [3.05, 3.63) is 0 Å². The Labute approximate surface area is 96.1 Å². The topological polar surface area (TPSA) is 58.6 Å². The zero-order valence-corrected chi connectivity index (χ0v) is 9.99. The normalized spacial score (nSPS) is 19.0. The molecule has 0 radical (unpaired) electrons. The first-order valence-corrected chi connectivity index (χ1v) is 5.77. The summed E-state index contributed by atoms with van der Waals surface area (Å²) in [7, 11) is 1.39. The highest BCUT2D eigenvalue weighted by Gasteiger charge is 2.29. The Kier molecular flexibility index (Phi) is 5.25. The summed E-state index contributed by atoms with van der Waals surface area (Å²) in [4.78, 5) is 24.8. The van der Waals surface area contributed by atoms with Crippen LogP contribution in [0.15, 0.2) is 0 Å². The van der Waals surface area contributed by atoms with Crippen molar-refractivity contribution in [1.29, 1.82) is 0 Å². The fourth-order valence-corrected chi connectivity index (χ4v) is 1.91. The largest absolute Gasteiger partial charge is 0.468 e. The van der Waals surface area contributed by atoms with Gasteiger partial charge in [0.15, 0.2) is 0 Å². The van der Waals surface area contributed by atoms with Crippen LogP contribution in [-0.2, 0) is 14.3 Å². The van der Waals surface area contributed by atoms with Gasteiger partial charge in [0.25, 0.3) is 0 Å². The third-order valence-electron chi connectivity index (χ3n) is 2.81. The number of nitrogens with one attached hydrogen (secondary N) is 1. The van der Waals surface area contributed by atoms with Gasteiger partial charge in [-0.2, -0.15) is 0 Å². The lowest BCUT2D eigenvalue weighted by molar-refractivity contribution is -0.148. The van der Waals surface area contributed by atoms with E-state index in [1.807, 2.05) is 4.90 Å². The van der Waals surface area contributed by atoms with Crippen molar-refractivity contribution in [3.8, 4) is 0 Å². The van der Waals surface area contributed by atoms with E-state index in [1.54, 1.807) is 0 Å². The molecule has 1 aliphatic heterocycles. The maximum atomic E-state index is 11.6. The van der Waals surface area contributed by atoms with Crippen molar-refractivity contribution < 1.29 is 14.3 Å². The quantitative estimate of drug-likeness (QED) is 0.680. The number of carbonyl (C=O) groups excluding carboxylic acids is 2. The molecule has 1 atom stereocenters. The predicted molar refractivity (Wildman–Crippen MR) is 59.9 cm³/mol. The van der Waals surface area contributed by atoms with Crippen LogP contribution in [0.25, 0.3) is 0 Å². The van der Waals surface area contributed by atoms with Crippen molar-refractivity contribution in [1.82, 2.24) is 10.2 Å². The Balaban J connectivity index is 2.59. The molecule has 1 amide bonds. The number of hydrogen-bond acceptors (Lipinski definition) is 4. The molecule has 0 spiro atoms. The molecule has 1 aliphatic rings. The van der Waals surface area contributed by atoms with E-state index in [9.17, 15) is 9.59 Å². The van der Waals surface area contributed by atoms with Crippen molar-refractivity contribution in [2.24, 2.45) is 0 Å². The number of piperazine rings is 1. The molecule has 92 valence electrons. The molecule has 5 heteroatoms. The number of ether oxygens (including phenoxy) is 1. The minimum Gasteiger partial charge on any atom is -0.468 e. The number of unbranched alkanes of at least 4 members (excludes halogenated alkanes) is 1.